The molecule has 1 N–H and O–H groups in total. The Bertz CT molecular complexity index is 846. The number of halogens is 4. The van der Waals surface area contributed by atoms with Crippen LogP contribution in [-0.4, -0.2) is 5.91 Å². The number of carbonyl (C=O) groups excluding carboxylic acids is 1. The van der Waals surface area contributed by atoms with Gasteiger partial charge in [0.05, 0.1) is 0 Å². The van der Waals surface area contributed by atoms with Crippen molar-refractivity contribution < 1.29 is 22.7 Å². The molecule has 1 aliphatic rings. The Labute approximate surface area is 166 Å². The number of carbonyl (C=O) groups is 1. The molecule has 2 aromatic rings. The topological polar surface area (TPSA) is 38.3 Å². The molecule has 1 aliphatic carbocycles. The van der Waals surface area contributed by atoms with Crippen molar-refractivity contribution in [2.75, 3.05) is 5.32 Å². The van der Waals surface area contributed by atoms with Gasteiger partial charge in [0.25, 0.3) is 0 Å². The minimum atomic E-state index is -4.62. The van der Waals surface area contributed by atoms with Crippen molar-refractivity contribution in [1.82, 2.24) is 0 Å². The first-order valence-corrected chi connectivity index (χ1v) is 9.57. The van der Waals surface area contributed by atoms with Gasteiger partial charge in [-0.3, -0.25) is 4.79 Å². The van der Waals surface area contributed by atoms with Gasteiger partial charge in [-0.05, 0) is 61.7 Å². The van der Waals surface area contributed by atoms with Crippen LogP contribution >= 0.6 is 11.6 Å². The van der Waals surface area contributed by atoms with Gasteiger partial charge < -0.3 is 10.1 Å². The summed E-state index contributed by atoms with van der Waals surface area (Å²) >= 11 is 5.79. The number of hydrogen-bond donors (Lipinski definition) is 1. The van der Waals surface area contributed by atoms with Crippen molar-refractivity contribution >= 4 is 23.2 Å². The van der Waals surface area contributed by atoms with Crippen LogP contribution in [0.15, 0.2) is 42.5 Å². The van der Waals surface area contributed by atoms with Crippen LogP contribution in [0, 0.1) is 5.41 Å². The standard InChI is InChI=1S/C21H21ClF3NO2/c1-2-3-10-20(11-12-20)19(27)26-15-6-9-18(17(13-15)21(23,24)25)28-16-7-4-14(22)5-8-16/h4-9,13H,2-3,10-12H2,1H3,(H,26,27). The van der Waals surface area contributed by atoms with E-state index in [0.29, 0.717) is 5.02 Å². The van der Waals surface area contributed by atoms with E-state index in [9.17, 15) is 18.0 Å². The number of ether oxygens (including phenoxy) is 1. The quantitative estimate of drug-likeness (QED) is 0.529. The van der Waals surface area contributed by atoms with Crippen LogP contribution in [0.3, 0.4) is 0 Å². The van der Waals surface area contributed by atoms with Gasteiger partial charge >= 0.3 is 6.18 Å². The Morgan fingerprint density at radius 3 is 2.43 bits per heavy atom. The first kappa shape index (κ1) is 20.5. The fourth-order valence-corrected chi connectivity index (χ4v) is 3.19. The van der Waals surface area contributed by atoms with E-state index in [0.717, 1.165) is 38.2 Å². The molecule has 0 bridgehead atoms. The van der Waals surface area contributed by atoms with Crippen molar-refractivity contribution in [3.63, 3.8) is 0 Å². The largest absolute Gasteiger partial charge is 0.457 e. The van der Waals surface area contributed by atoms with Gasteiger partial charge in [-0.15, -0.1) is 0 Å². The van der Waals surface area contributed by atoms with Crippen LogP contribution < -0.4 is 10.1 Å². The third-order valence-corrected chi connectivity index (χ3v) is 5.18. The molecule has 0 aromatic heterocycles. The zero-order chi connectivity index (χ0) is 20.4. The molecule has 0 spiro atoms. The Kier molecular flexibility index (Phi) is 5.89. The molecular formula is C21H21ClF3NO2. The van der Waals surface area contributed by atoms with E-state index in [-0.39, 0.29) is 23.1 Å². The predicted molar refractivity (Wildman–Crippen MR) is 103 cm³/mol. The van der Waals surface area contributed by atoms with Crippen molar-refractivity contribution in [2.24, 2.45) is 5.41 Å². The smallest absolute Gasteiger partial charge is 0.420 e. The predicted octanol–water partition coefficient (Wildman–Crippen LogP) is 7.06. The lowest BCUT2D eigenvalue weighted by atomic mass is 9.98. The minimum absolute atomic E-state index is 0.114. The van der Waals surface area contributed by atoms with E-state index < -0.39 is 17.2 Å². The first-order chi connectivity index (χ1) is 13.2. The number of anilines is 1. The van der Waals surface area contributed by atoms with E-state index in [1.54, 1.807) is 0 Å². The zero-order valence-electron chi connectivity index (χ0n) is 15.4. The van der Waals surface area contributed by atoms with E-state index in [2.05, 4.69) is 5.32 Å². The summed E-state index contributed by atoms with van der Waals surface area (Å²) in [6, 6.07) is 9.60. The number of benzene rings is 2. The van der Waals surface area contributed by atoms with Crippen LogP contribution in [0.2, 0.25) is 5.02 Å². The number of hydrogen-bond acceptors (Lipinski definition) is 2. The highest BCUT2D eigenvalue weighted by Crippen LogP contribution is 2.51. The maximum atomic E-state index is 13.5. The van der Waals surface area contributed by atoms with Crippen LogP contribution in [-0.2, 0) is 11.0 Å². The average Bonchev–Trinajstić information content (AvgIpc) is 3.43. The van der Waals surface area contributed by atoms with Gasteiger partial charge in [0, 0.05) is 16.1 Å². The maximum absolute atomic E-state index is 13.5. The van der Waals surface area contributed by atoms with Crippen LogP contribution in [0.5, 0.6) is 11.5 Å². The lowest BCUT2D eigenvalue weighted by Crippen LogP contribution is -2.24. The second kappa shape index (κ2) is 8.03. The molecule has 1 saturated carbocycles. The summed E-state index contributed by atoms with van der Waals surface area (Å²) in [4.78, 5) is 12.5. The van der Waals surface area contributed by atoms with E-state index in [1.165, 1.54) is 36.4 Å². The summed E-state index contributed by atoms with van der Waals surface area (Å²) in [7, 11) is 0. The molecule has 0 unspecified atom stereocenters. The number of alkyl halides is 3. The van der Waals surface area contributed by atoms with E-state index in [1.807, 2.05) is 6.92 Å². The van der Waals surface area contributed by atoms with E-state index in [4.69, 9.17) is 16.3 Å². The molecule has 1 amide bonds. The van der Waals surface area contributed by atoms with Crippen LogP contribution in [0.4, 0.5) is 18.9 Å². The van der Waals surface area contributed by atoms with Gasteiger partial charge in [0.1, 0.15) is 17.1 Å². The Morgan fingerprint density at radius 2 is 1.86 bits per heavy atom. The van der Waals surface area contributed by atoms with Gasteiger partial charge in [0.15, 0.2) is 0 Å². The molecule has 0 aliphatic heterocycles. The number of unbranched alkanes of at least 4 members (excludes halogenated alkanes) is 1. The number of nitrogens with one attached hydrogen (secondary N) is 1. The summed E-state index contributed by atoms with van der Waals surface area (Å²) in [5.74, 6) is -0.302. The second-order valence-corrected chi connectivity index (χ2v) is 7.54. The normalized spacial score (nSPS) is 15.2. The lowest BCUT2D eigenvalue weighted by Gasteiger charge is -2.18. The summed E-state index contributed by atoms with van der Waals surface area (Å²) in [5.41, 5.74) is -1.26. The molecule has 28 heavy (non-hydrogen) atoms. The monoisotopic (exact) mass is 411 g/mol. The van der Waals surface area contributed by atoms with Crippen molar-refractivity contribution in [1.29, 1.82) is 0 Å². The molecule has 150 valence electrons. The molecule has 0 heterocycles. The molecule has 1 fully saturated rings. The summed E-state index contributed by atoms with van der Waals surface area (Å²) in [6.45, 7) is 2.04. The van der Waals surface area contributed by atoms with Gasteiger partial charge in [-0.25, -0.2) is 0 Å². The molecule has 2 aromatic carbocycles. The molecule has 0 saturated heterocycles. The van der Waals surface area contributed by atoms with E-state index >= 15 is 0 Å². The molecule has 0 atom stereocenters. The number of amides is 1. The Balaban J connectivity index is 1.81. The first-order valence-electron chi connectivity index (χ1n) is 9.20. The Hall–Kier alpha value is -2.21. The SMILES string of the molecule is CCCCC1(C(=O)Nc2ccc(Oc3ccc(Cl)cc3)c(C(F)(F)F)c2)CC1. The summed E-state index contributed by atoms with van der Waals surface area (Å²) in [5, 5.41) is 3.11. The van der Waals surface area contributed by atoms with Gasteiger partial charge in [-0.2, -0.15) is 13.2 Å². The van der Waals surface area contributed by atoms with Crippen LogP contribution in [0.25, 0.3) is 0 Å². The molecule has 0 radical (unpaired) electrons. The van der Waals surface area contributed by atoms with Crippen molar-refractivity contribution in [2.45, 2.75) is 45.2 Å². The fraction of sp³-hybridized carbons (Fsp3) is 0.381. The average molecular weight is 412 g/mol. The van der Waals surface area contributed by atoms with Crippen molar-refractivity contribution in [3.8, 4) is 11.5 Å². The minimum Gasteiger partial charge on any atom is -0.457 e. The summed E-state index contributed by atoms with van der Waals surface area (Å²) in [6.07, 6.45) is -0.397. The highest BCUT2D eigenvalue weighted by Gasteiger charge is 2.49. The van der Waals surface area contributed by atoms with Crippen molar-refractivity contribution in [3.05, 3.63) is 53.1 Å². The number of rotatable bonds is 7. The lowest BCUT2D eigenvalue weighted by molar-refractivity contribution is -0.138. The zero-order valence-corrected chi connectivity index (χ0v) is 16.2. The highest BCUT2D eigenvalue weighted by molar-refractivity contribution is 6.30. The van der Waals surface area contributed by atoms with Crippen LogP contribution in [0.1, 0.15) is 44.6 Å². The van der Waals surface area contributed by atoms with Gasteiger partial charge in [0.2, 0.25) is 5.91 Å². The molecule has 3 nitrogen and oxygen atoms in total. The summed E-state index contributed by atoms with van der Waals surface area (Å²) < 4.78 is 46.0. The highest BCUT2D eigenvalue weighted by atomic mass is 35.5. The third-order valence-electron chi connectivity index (χ3n) is 4.93. The molecular weight excluding hydrogens is 391 g/mol. The Morgan fingerprint density at radius 1 is 1.18 bits per heavy atom. The third kappa shape index (κ3) is 4.79. The molecule has 3 rings (SSSR count). The molecule has 7 heteroatoms. The fourth-order valence-electron chi connectivity index (χ4n) is 3.07. The maximum Gasteiger partial charge on any atom is 0.420 e. The van der Waals surface area contributed by atoms with Gasteiger partial charge in [-0.1, -0.05) is 31.4 Å². The second-order valence-electron chi connectivity index (χ2n) is 7.10.